The second-order valence-electron chi connectivity index (χ2n) is 4.45. The highest BCUT2D eigenvalue weighted by atomic mass is 14.1. The second-order valence-corrected chi connectivity index (χ2v) is 4.45. The van der Waals surface area contributed by atoms with Gasteiger partial charge < -0.3 is 0 Å². The minimum atomic E-state index is 0.665. The zero-order valence-corrected chi connectivity index (χ0v) is 9.39. The SMILES string of the molecule is Cc1cc(C)cc(C(C)C(C)C)c1. The highest BCUT2D eigenvalue weighted by Gasteiger charge is 2.09. The first-order valence-electron chi connectivity index (χ1n) is 5.09. The molecule has 0 saturated carbocycles. The van der Waals surface area contributed by atoms with E-state index in [2.05, 4.69) is 52.8 Å². The van der Waals surface area contributed by atoms with Crippen LogP contribution in [0.15, 0.2) is 18.2 Å². The molecule has 0 N–H and O–H groups in total. The minimum Gasteiger partial charge on any atom is -0.0622 e. The van der Waals surface area contributed by atoms with Gasteiger partial charge in [-0.1, -0.05) is 50.1 Å². The van der Waals surface area contributed by atoms with Crippen LogP contribution in [-0.2, 0) is 0 Å². The number of benzene rings is 1. The standard InChI is InChI=1S/C13H20/c1-9(2)12(5)13-7-10(3)6-11(4)8-13/h6-9,12H,1-5H3. The van der Waals surface area contributed by atoms with Crippen molar-refractivity contribution in [2.75, 3.05) is 0 Å². The molecule has 0 radical (unpaired) electrons. The normalized spacial score (nSPS) is 13.4. The Kier molecular flexibility index (Phi) is 3.13. The number of rotatable bonds is 2. The lowest BCUT2D eigenvalue weighted by atomic mass is 9.88. The first kappa shape index (κ1) is 10.3. The average molecular weight is 176 g/mol. The summed E-state index contributed by atoms with van der Waals surface area (Å²) in [6.07, 6.45) is 0. The molecule has 72 valence electrons. The smallest absolute Gasteiger partial charge is 0.0167 e. The maximum atomic E-state index is 2.30. The second kappa shape index (κ2) is 3.95. The summed E-state index contributed by atoms with van der Waals surface area (Å²) in [5.41, 5.74) is 4.23. The van der Waals surface area contributed by atoms with Crippen LogP contribution in [0.1, 0.15) is 43.4 Å². The molecule has 0 saturated heterocycles. The Morgan fingerprint density at radius 3 is 1.69 bits per heavy atom. The molecule has 1 unspecified atom stereocenters. The van der Waals surface area contributed by atoms with E-state index in [9.17, 15) is 0 Å². The van der Waals surface area contributed by atoms with Gasteiger partial charge in [0.05, 0.1) is 0 Å². The van der Waals surface area contributed by atoms with Crippen molar-refractivity contribution in [3.63, 3.8) is 0 Å². The Morgan fingerprint density at radius 2 is 1.31 bits per heavy atom. The summed E-state index contributed by atoms with van der Waals surface area (Å²) in [4.78, 5) is 0. The highest BCUT2D eigenvalue weighted by molar-refractivity contribution is 5.30. The third-order valence-electron chi connectivity index (χ3n) is 2.77. The summed E-state index contributed by atoms with van der Waals surface area (Å²) in [6, 6.07) is 6.84. The molecule has 0 aromatic heterocycles. The van der Waals surface area contributed by atoms with Crippen LogP contribution in [-0.4, -0.2) is 0 Å². The van der Waals surface area contributed by atoms with Gasteiger partial charge in [0.15, 0.2) is 0 Å². The molecule has 0 bridgehead atoms. The lowest BCUT2D eigenvalue weighted by Crippen LogP contribution is -2.02. The van der Waals surface area contributed by atoms with Gasteiger partial charge in [-0.3, -0.25) is 0 Å². The van der Waals surface area contributed by atoms with E-state index < -0.39 is 0 Å². The topological polar surface area (TPSA) is 0 Å². The third kappa shape index (κ3) is 2.58. The van der Waals surface area contributed by atoms with Crippen molar-refractivity contribution in [3.05, 3.63) is 34.9 Å². The Morgan fingerprint density at radius 1 is 0.846 bits per heavy atom. The van der Waals surface area contributed by atoms with E-state index in [4.69, 9.17) is 0 Å². The van der Waals surface area contributed by atoms with Crippen LogP contribution in [0.3, 0.4) is 0 Å². The molecule has 0 nitrogen and oxygen atoms in total. The molecular formula is C13H20. The lowest BCUT2D eigenvalue weighted by molar-refractivity contribution is 0.534. The summed E-state index contributed by atoms with van der Waals surface area (Å²) in [5.74, 6) is 1.39. The van der Waals surface area contributed by atoms with Gasteiger partial charge in [-0.05, 0) is 31.2 Å². The molecule has 0 aliphatic rings. The Bertz CT molecular complexity index is 264. The highest BCUT2D eigenvalue weighted by Crippen LogP contribution is 2.25. The maximum absolute atomic E-state index is 2.30. The molecule has 1 atom stereocenters. The fourth-order valence-corrected chi connectivity index (χ4v) is 1.66. The molecule has 1 aromatic carbocycles. The summed E-state index contributed by atoms with van der Waals surface area (Å²) >= 11 is 0. The fraction of sp³-hybridized carbons (Fsp3) is 0.538. The van der Waals surface area contributed by atoms with Crippen molar-refractivity contribution >= 4 is 0 Å². The van der Waals surface area contributed by atoms with Crippen molar-refractivity contribution in [3.8, 4) is 0 Å². The summed E-state index contributed by atoms with van der Waals surface area (Å²) < 4.78 is 0. The molecule has 1 rings (SSSR count). The third-order valence-corrected chi connectivity index (χ3v) is 2.77. The van der Waals surface area contributed by atoms with E-state index in [1.165, 1.54) is 16.7 Å². The molecule has 0 amide bonds. The first-order chi connectivity index (χ1) is 6.00. The van der Waals surface area contributed by atoms with E-state index in [0.29, 0.717) is 5.92 Å². The van der Waals surface area contributed by atoms with E-state index in [1.54, 1.807) is 0 Å². The fourth-order valence-electron chi connectivity index (χ4n) is 1.66. The van der Waals surface area contributed by atoms with Crippen LogP contribution in [0.25, 0.3) is 0 Å². The Labute approximate surface area is 82.0 Å². The first-order valence-corrected chi connectivity index (χ1v) is 5.09. The zero-order chi connectivity index (χ0) is 10.0. The van der Waals surface area contributed by atoms with Gasteiger partial charge in [0, 0.05) is 0 Å². The largest absolute Gasteiger partial charge is 0.0622 e. The minimum absolute atomic E-state index is 0.665. The van der Waals surface area contributed by atoms with Crippen LogP contribution >= 0.6 is 0 Å². The van der Waals surface area contributed by atoms with Crippen molar-refractivity contribution < 1.29 is 0 Å². The quantitative estimate of drug-likeness (QED) is 0.637. The predicted molar refractivity (Wildman–Crippen MR) is 59.2 cm³/mol. The monoisotopic (exact) mass is 176 g/mol. The lowest BCUT2D eigenvalue weighted by Gasteiger charge is -2.17. The number of hydrogen-bond donors (Lipinski definition) is 0. The van der Waals surface area contributed by atoms with Gasteiger partial charge in [0.2, 0.25) is 0 Å². The maximum Gasteiger partial charge on any atom is -0.0167 e. The Balaban J connectivity index is 3.01. The van der Waals surface area contributed by atoms with Crippen LogP contribution in [0.4, 0.5) is 0 Å². The van der Waals surface area contributed by atoms with Gasteiger partial charge in [-0.2, -0.15) is 0 Å². The number of aryl methyl sites for hydroxylation is 2. The summed E-state index contributed by atoms with van der Waals surface area (Å²) in [7, 11) is 0. The Hall–Kier alpha value is -0.780. The van der Waals surface area contributed by atoms with Gasteiger partial charge in [0.25, 0.3) is 0 Å². The van der Waals surface area contributed by atoms with Crippen LogP contribution < -0.4 is 0 Å². The predicted octanol–water partition coefficient (Wildman–Crippen LogP) is 4.06. The average Bonchev–Trinajstić information content (AvgIpc) is 2.01. The van der Waals surface area contributed by atoms with Crippen LogP contribution in [0, 0.1) is 19.8 Å². The van der Waals surface area contributed by atoms with Crippen molar-refractivity contribution in [1.82, 2.24) is 0 Å². The van der Waals surface area contributed by atoms with E-state index in [1.807, 2.05) is 0 Å². The molecular weight excluding hydrogens is 156 g/mol. The van der Waals surface area contributed by atoms with Gasteiger partial charge in [0.1, 0.15) is 0 Å². The summed E-state index contributed by atoms with van der Waals surface area (Å²) in [5, 5.41) is 0. The molecule has 0 heteroatoms. The zero-order valence-electron chi connectivity index (χ0n) is 9.39. The molecule has 0 spiro atoms. The van der Waals surface area contributed by atoms with Crippen molar-refractivity contribution in [2.24, 2.45) is 5.92 Å². The molecule has 0 aliphatic carbocycles. The molecule has 0 aliphatic heterocycles. The van der Waals surface area contributed by atoms with E-state index in [-0.39, 0.29) is 0 Å². The molecule has 13 heavy (non-hydrogen) atoms. The van der Waals surface area contributed by atoms with Crippen LogP contribution in [0.2, 0.25) is 0 Å². The van der Waals surface area contributed by atoms with Crippen LogP contribution in [0.5, 0.6) is 0 Å². The van der Waals surface area contributed by atoms with E-state index >= 15 is 0 Å². The molecule has 0 fully saturated rings. The van der Waals surface area contributed by atoms with Gasteiger partial charge in [-0.15, -0.1) is 0 Å². The number of hydrogen-bond acceptors (Lipinski definition) is 0. The molecule has 0 heterocycles. The van der Waals surface area contributed by atoms with Gasteiger partial charge >= 0.3 is 0 Å². The summed E-state index contributed by atoms with van der Waals surface area (Å²) in [6.45, 7) is 11.2. The van der Waals surface area contributed by atoms with Crippen molar-refractivity contribution in [2.45, 2.75) is 40.5 Å². The van der Waals surface area contributed by atoms with Crippen molar-refractivity contribution in [1.29, 1.82) is 0 Å². The molecule has 1 aromatic rings. The van der Waals surface area contributed by atoms with E-state index in [0.717, 1.165) is 5.92 Å². The van der Waals surface area contributed by atoms with Gasteiger partial charge in [-0.25, -0.2) is 0 Å².